The second-order valence-electron chi connectivity index (χ2n) is 10.4. The summed E-state index contributed by atoms with van der Waals surface area (Å²) in [5.74, 6) is -0.730. The molecule has 0 aliphatic heterocycles. The minimum absolute atomic E-state index is 0.0128. The van der Waals surface area contributed by atoms with Gasteiger partial charge in [-0.2, -0.15) is 0 Å². The van der Waals surface area contributed by atoms with Crippen LogP contribution >= 0.6 is 0 Å². The van der Waals surface area contributed by atoms with E-state index in [4.69, 9.17) is 10.5 Å². The van der Waals surface area contributed by atoms with Crippen LogP contribution in [0.15, 0.2) is 48.7 Å². The summed E-state index contributed by atoms with van der Waals surface area (Å²) >= 11 is 0. The van der Waals surface area contributed by atoms with E-state index in [0.29, 0.717) is 30.3 Å². The van der Waals surface area contributed by atoms with Gasteiger partial charge in [0.25, 0.3) is 0 Å². The molecule has 1 heterocycles. The molecule has 1 aliphatic carbocycles. The van der Waals surface area contributed by atoms with Crippen LogP contribution in [0.4, 0.5) is 14.6 Å². The summed E-state index contributed by atoms with van der Waals surface area (Å²) in [5.41, 5.74) is 9.00. The number of esters is 1. The van der Waals surface area contributed by atoms with Gasteiger partial charge in [-0.05, 0) is 68.6 Å². The summed E-state index contributed by atoms with van der Waals surface area (Å²) in [4.78, 5) is 21.6. The predicted molar refractivity (Wildman–Crippen MR) is 144 cm³/mol. The van der Waals surface area contributed by atoms with Gasteiger partial charge in [-0.3, -0.25) is 4.79 Å². The lowest BCUT2D eigenvalue weighted by Crippen LogP contribution is -2.40. The number of aromatic nitrogens is 2. The topological polar surface area (TPSA) is 90.1 Å². The van der Waals surface area contributed by atoms with E-state index in [1.165, 1.54) is 18.2 Å². The first-order chi connectivity index (χ1) is 18.3. The maximum absolute atomic E-state index is 14.0. The zero-order valence-corrected chi connectivity index (χ0v) is 22.1. The van der Waals surface area contributed by atoms with Gasteiger partial charge in [0.05, 0.1) is 17.6 Å². The molecule has 1 aliphatic rings. The molecule has 1 saturated carbocycles. The molecule has 6 nitrogen and oxygen atoms in total. The third-order valence-electron chi connectivity index (χ3n) is 6.93. The lowest BCUT2D eigenvalue weighted by molar-refractivity contribution is -0.151. The Morgan fingerprint density at radius 3 is 2.42 bits per heavy atom. The number of hydrogen-bond donors (Lipinski definition) is 2. The van der Waals surface area contributed by atoms with Crippen LogP contribution in [0.5, 0.6) is 0 Å². The van der Waals surface area contributed by atoms with Crippen molar-refractivity contribution in [2.24, 2.45) is 5.92 Å². The average Bonchev–Trinajstić information content (AvgIpc) is 3.40. The van der Waals surface area contributed by atoms with Gasteiger partial charge < -0.3 is 15.8 Å². The number of nitrogens with two attached hydrogens (primary N) is 1. The summed E-state index contributed by atoms with van der Waals surface area (Å²) in [6.07, 6.45) is 6.90. The van der Waals surface area contributed by atoms with Gasteiger partial charge >= 0.3 is 5.97 Å². The fraction of sp³-hybridized carbons (Fsp3) is 0.433. The predicted octanol–water partition coefficient (Wildman–Crippen LogP) is 5.78. The van der Waals surface area contributed by atoms with Crippen LogP contribution in [0.3, 0.4) is 0 Å². The second-order valence-corrected chi connectivity index (χ2v) is 10.4. The normalized spacial score (nSPS) is 14.7. The van der Waals surface area contributed by atoms with Gasteiger partial charge in [-0.15, -0.1) is 0 Å². The van der Waals surface area contributed by atoms with Crippen LogP contribution < -0.4 is 11.1 Å². The van der Waals surface area contributed by atoms with Gasteiger partial charge in [0.15, 0.2) is 0 Å². The number of nitrogens with zero attached hydrogens (tertiary/aromatic N) is 2. The van der Waals surface area contributed by atoms with Crippen LogP contribution in [-0.2, 0) is 28.9 Å². The summed E-state index contributed by atoms with van der Waals surface area (Å²) in [7, 11) is 0. The quantitative estimate of drug-likeness (QED) is 0.310. The van der Waals surface area contributed by atoms with Crippen molar-refractivity contribution in [3.63, 3.8) is 0 Å². The maximum atomic E-state index is 14.0. The molecular weight excluding hydrogens is 486 g/mol. The molecule has 2 aromatic carbocycles. The highest BCUT2D eigenvalue weighted by Gasteiger charge is 2.26. The highest BCUT2D eigenvalue weighted by Crippen LogP contribution is 2.23. The highest BCUT2D eigenvalue weighted by molar-refractivity contribution is 5.76. The Balaban J connectivity index is 1.39. The van der Waals surface area contributed by atoms with E-state index in [2.05, 4.69) is 29.1 Å². The van der Waals surface area contributed by atoms with Gasteiger partial charge in [-0.1, -0.05) is 44.2 Å². The Labute approximate surface area is 223 Å². The number of benzene rings is 2. The number of carbonyl (C=O) groups is 1. The fourth-order valence-corrected chi connectivity index (χ4v) is 4.80. The van der Waals surface area contributed by atoms with E-state index in [1.54, 1.807) is 6.20 Å². The van der Waals surface area contributed by atoms with Crippen LogP contribution in [0.25, 0.3) is 11.3 Å². The smallest absolute Gasteiger partial charge is 0.323 e. The van der Waals surface area contributed by atoms with E-state index in [-0.39, 0.29) is 42.3 Å². The summed E-state index contributed by atoms with van der Waals surface area (Å²) in [6.45, 7) is 4.73. The molecule has 1 aromatic heterocycles. The minimum Gasteiger partial charge on any atom is -0.461 e. The molecule has 0 saturated heterocycles. The van der Waals surface area contributed by atoms with E-state index in [9.17, 15) is 13.6 Å². The molecule has 0 amide bonds. The number of aryl methyl sites for hydroxylation is 1. The minimum atomic E-state index is -0.584. The lowest BCUT2D eigenvalue weighted by Gasteiger charge is -2.22. The summed E-state index contributed by atoms with van der Waals surface area (Å²) < 4.78 is 33.8. The standard InChI is InChI=1S/C30H36F2N4O2/c1-19(2)16-27(30(37)38-22-6-3-4-7-22)34-17-20-10-12-21(13-11-20)28-18-35-29(33)26(36-28)15-14-23-24(31)8-5-9-25(23)32/h5,8-13,18-19,22,27,34H,3-4,6-7,14-17H2,1-2H3,(H2,33,35)/t27-/m0/s1. The van der Waals surface area contributed by atoms with Crippen molar-refractivity contribution in [1.29, 1.82) is 0 Å². The molecule has 38 heavy (non-hydrogen) atoms. The van der Waals surface area contributed by atoms with Crippen LogP contribution in [-0.4, -0.2) is 28.1 Å². The van der Waals surface area contributed by atoms with Crippen molar-refractivity contribution in [2.45, 2.75) is 77.5 Å². The SMILES string of the molecule is CC(C)C[C@H](NCc1ccc(-c2cnc(N)c(CCc3c(F)cccc3F)n2)cc1)C(=O)OC1CCCC1. The number of rotatable bonds is 11. The zero-order valence-electron chi connectivity index (χ0n) is 22.1. The number of ether oxygens (including phenoxy) is 1. The molecule has 8 heteroatoms. The van der Waals surface area contributed by atoms with E-state index in [0.717, 1.165) is 36.8 Å². The molecule has 4 rings (SSSR count). The molecule has 0 radical (unpaired) electrons. The van der Waals surface area contributed by atoms with Crippen LogP contribution in [0.2, 0.25) is 0 Å². The van der Waals surface area contributed by atoms with E-state index >= 15 is 0 Å². The lowest BCUT2D eigenvalue weighted by atomic mass is 10.0. The summed E-state index contributed by atoms with van der Waals surface area (Å²) in [6, 6.07) is 11.3. The molecular formula is C30H36F2N4O2. The third-order valence-corrected chi connectivity index (χ3v) is 6.93. The molecule has 3 N–H and O–H groups in total. The van der Waals surface area contributed by atoms with Crippen molar-refractivity contribution in [2.75, 3.05) is 5.73 Å². The Bertz CT molecular complexity index is 1210. The molecule has 202 valence electrons. The number of nitrogen functional groups attached to an aromatic ring is 1. The van der Waals surface area contributed by atoms with Crippen LogP contribution in [0, 0.1) is 17.6 Å². The molecule has 1 atom stereocenters. The van der Waals surface area contributed by atoms with Gasteiger partial charge in [-0.25, -0.2) is 18.7 Å². The van der Waals surface area contributed by atoms with Crippen molar-refractivity contribution in [1.82, 2.24) is 15.3 Å². The van der Waals surface area contributed by atoms with E-state index < -0.39 is 11.6 Å². The van der Waals surface area contributed by atoms with Crippen molar-refractivity contribution in [3.8, 4) is 11.3 Å². The second kappa shape index (κ2) is 12.9. The molecule has 0 spiro atoms. The largest absolute Gasteiger partial charge is 0.461 e. The van der Waals surface area contributed by atoms with E-state index in [1.807, 2.05) is 24.3 Å². The Morgan fingerprint density at radius 1 is 1.08 bits per heavy atom. The number of nitrogens with one attached hydrogen (secondary N) is 1. The number of carbonyl (C=O) groups excluding carboxylic acids is 1. The monoisotopic (exact) mass is 522 g/mol. The first-order valence-corrected chi connectivity index (χ1v) is 13.4. The Morgan fingerprint density at radius 2 is 1.76 bits per heavy atom. The molecule has 3 aromatic rings. The Hall–Kier alpha value is -3.39. The molecule has 1 fully saturated rings. The average molecular weight is 523 g/mol. The third kappa shape index (κ3) is 7.34. The van der Waals surface area contributed by atoms with Gasteiger partial charge in [0, 0.05) is 17.7 Å². The van der Waals surface area contributed by atoms with Crippen molar-refractivity contribution < 1.29 is 18.3 Å². The first kappa shape index (κ1) is 27.6. The molecule has 0 unspecified atom stereocenters. The number of halogens is 2. The highest BCUT2D eigenvalue weighted by atomic mass is 19.1. The summed E-state index contributed by atoms with van der Waals surface area (Å²) in [5, 5.41) is 3.38. The first-order valence-electron chi connectivity index (χ1n) is 13.4. The molecule has 0 bridgehead atoms. The van der Waals surface area contributed by atoms with Gasteiger partial charge in [0.1, 0.15) is 29.6 Å². The fourth-order valence-electron chi connectivity index (χ4n) is 4.80. The van der Waals surface area contributed by atoms with Gasteiger partial charge in [0.2, 0.25) is 0 Å². The Kier molecular flexibility index (Phi) is 9.39. The number of hydrogen-bond acceptors (Lipinski definition) is 6. The van der Waals surface area contributed by atoms with Crippen molar-refractivity contribution in [3.05, 3.63) is 77.1 Å². The number of anilines is 1. The van der Waals surface area contributed by atoms with Crippen molar-refractivity contribution >= 4 is 11.8 Å². The maximum Gasteiger partial charge on any atom is 0.323 e. The van der Waals surface area contributed by atoms with Crippen LogP contribution in [0.1, 0.15) is 62.8 Å². The zero-order chi connectivity index (χ0) is 27.1.